The van der Waals surface area contributed by atoms with Crippen LogP contribution in [0.4, 0.5) is 0 Å². The largest absolute Gasteiger partial charge is 0.310 e. The number of benzene rings is 8. The van der Waals surface area contributed by atoms with Gasteiger partial charge < -0.3 is 18.3 Å². The molecule has 0 fully saturated rings. The van der Waals surface area contributed by atoms with E-state index in [0.29, 0.717) is 29.0 Å². The summed E-state index contributed by atoms with van der Waals surface area (Å²) in [5, 5.41) is 21.1. The monoisotopic (exact) mass is 970 g/mol. The molecule has 0 radical (unpaired) electrons. The molecule has 0 saturated heterocycles. The third-order valence-corrected chi connectivity index (χ3v) is 15.4. The van der Waals surface area contributed by atoms with Crippen LogP contribution in [0.1, 0.15) is 72.1 Å². The average Bonchev–Trinajstić information content (AvgIpc) is 4.28. The quantitative estimate of drug-likeness (QED) is 0.172. The van der Waals surface area contributed by atoms with Crippen molar-refractivity contribution in [2.24, 2.45) is 5.92 Å². The lowest BCUT2D eigenvalue weighted by molar-refractivity contribution is 0.497. The maximum atomic E-state index is 12.2. The fourth-order valence-corrected chi connectivity index (χ4v) is 11.9. The topological polar surface area (TPSA) is 82.2 Å². The Hall–Kier alpha value is -9.06. The van der Waals surface area contributed by atoms with Crippen molar-refractivity contribution in [1.29, 1.82) is 5.26 Å². The molecule has 5 aromatic heterocycles. The molecule has 0 N–H and O–H groups in total. The zero-order valence-corrected chi connectivity index (χ0v) is 43.2. The molecule has 8 aromatic carbocycles. The number of allylic oxidation sites excluding steroid dienone is 4. The van der Waals surface area contributed by atoms with Crippen molar-refractivity contribution in [3.63, 3.8) is 0 Å². The standard InChI is InChI=1S/C67H54N8/c1-40-29-31-43(32-30-40)73-54-28-18-14-24-49(54)60-56(73)36-34-47-45-22-12-16-26-52(45)75(62(47)60)58-38-41(63-69-64(66(2,3)4)71-65(70-63)67(5,6)7)37-57(50(58)39-68)74-51-25-15-11-21-44(51)46-33-35-55-59(61(46)74)48-23-13-17-27-53(48)72(55)42-19-9-8-10-20-42/h8-29,31-38,40H,30H2,1-7H3. The fourth-order valence-electron chi connectivity index (χ4n) is 11.9. The molecule has 1 unspecified atom stereocenters. The summed E-state index contributed by atoms with van der Waals surface area (Å²) in [6, 6.07) is 61.6. The molecule has 1 aliphatic carbocycles. The maximum Gasteiger partial charge on any atom is 0.163 e. The van der Waals surface area contributed by atoms with Crippen LogP contribution in [0.15, 0.2) is 182 Å². The van der Waals surface area contributed by atoms with E-state index >= 15 is 0 Å². The first-order valence-corrected chi connectivity index (χ1v) is 26.1. The van der Waals surface area contributed by atoms with Gasteiger partial charge in [-0.15, -0.1) is 0 Å². The molecule has 75 heavy (non-hydrogen) atoms. The lowest BCUT2D eigenvalue weighted by atomic mass is 9.93. The van der Waals surface area contributed by atoms with Crippen LogP contribution in [0.25, 0.3) is 121 Å². The summed E-state index contributed by atoms with van der Waals surface area (Å²) >= 11 is 0. The number of fused-ring (bicyclic) bond motifs is 14. The lowest BCUT2D eigenvalue weighted by Gasteiger charge is -2.23. The van der Waals surface area contributed by atoms with E-state index in [-0.39, 0.29) is 10.8 Å². The zero-order chi connectivity index (χ0) is 51.1. The SMILES string of the molecule is CC1C=CC(n2c3ccccc3c3c2ccc2c4ccccc4n(-c4cc(-c5nc(C(C)(C)C)nc(C(C)(C)C)n5)cc(-n5c6ccccc6c6ccc7c(c8ccccc8n7-c7ccccc7)c65)c4C#N)c23)=CC1. The lowest BCUT2D eigenvalue weighted by Crippen LogP contribution is -2.24. The van der Waals surface area contributed by atoms with E-state index in [2.05, 4.69) is 255 Å². The van der Waals surface area contributed by atoms with Gasteiger partial charge in [-0.05, 0) is 79.1 Å². The Morgan fingerprint density at radius 2 is 0.933 bits per heavy atom. The highest BCUT2D eigenvalue weighted by molar-refractivity contribution is 6.28. The van der Waals surface area contributed by atoms with Gasteiger partial charge in [-0.2, -0.15) is 5.26 Å². The first-order valence-electron chi connectivity index (χ1n) is 26.1. The van der Waals surface area contributed by atoms with Crippen LogP contribution in [-0.2, 0) is 10.8 Å². The number of rotatable bonds is 5. The number of hydrogen-bond acceptors (Lipinski definition) is 4. The van der Waals surface area contributed by atoms with Crippen LogP contribution >= 0.6 is 0 Å². The van der Waals surface area contributed by atoms with Crippen molar-refractivity contribution in [3.05, 3.63) is 199 Å². The van der Waals surface area contributed by atoms with E-state index < -0.39 is 0 Å². The summed E-state index contributed by atoms with van der Waals surface area (Å²) in [7, 11) is 0. The Kier molecular flexibility index (Phi) is 9.65. The van der Waals surface area contributed by atoms with Gasteiger partial charge in [-0.1, -0.05) is 164 Å². The predicted molar refractivity (Wildman–Crippen MR) is 311 cm³/mol. The van der Waals surface area contributed by atoms with Gasteiger partial charge in [-0.25, -0.2) is 15.0 Å². The van der Waals surface area contributed by atoms with E-state index in [4.69, 9.17) is 15.0 Å². The van der Waals surface area contributed by atoms with Crippen molar-refractivity contribution >= 4 is 92.9 Å². The summed E-state index contributed by atoms with van der Waals surface area (Å²) in [5.41, 5.74) is 12.8. The molecule has 0 saturated carbocycles. The molecule has 14 rings (SSSR count). The summed E-state index contributed by atoms with van der Waals surface area (Å²) in [5.74, 6) is 2.46. The van der Waals surface area contributed by atoms with E-state index in [9.17, 15) is 5.26 Å². The molecule has 1 aliphatic rings. The van der Waals surface area contributed by atoms with E-state index in [1.54, 1.807) is 0 Å². The van der Waals surface area contributed by atoms with Crippen LogP contribution in [0.3, 0.4) is 0 Å². The Labute approximate surface area is 434 Å². The highest BCUT2D eigenvalue weighted by Gasteiger charge is 2.30. The highest BCUT2D eigenvalue weighted by atomic mass is 15.1. The average molecular weight is 971 g/mol. The van der Waals surface area contributed by atoms with Crippen molar-refractivity contribution in [3.8, 4) is 34.5 Å². The van der Waals surface area contributed by atoms with Gasteiger partial charge in [0, 0.05) is 70.9 Å². The molecule has 1 atom stereocenters. The van der Waals surface area contributed by atoms with Crippen molar-refractivity contribution in [1.82, 2.24) is 33.2 Å². The molecule has 0 aliphatic heterocycles. The molecule has 8 nitrogen and oxygen atoms in total. The fraction of sp³-hybridized carbons (Fsp3) is 0.164. The molecule has 8 heteroatoms. The van der Waals surface area contributed by atoms with E-state index in [0.717, 1.165) is 122 Å². The van der Waals surface area contributed by atoms with Crippen LogP contribution in [0.5, 0.6) is 0 Å². The summed E-state index contributed by atoms with van der Waals surface area (Å²) in [6.45, 7) is 15.2. The van der Waals surface area contributed by atoms with Crippen molar-refractivity contribution in [2.45, 2.75) is 65.7 Å². The third kappa shape index (κ3) is 6.63. The number of hydrogen-bond donors (Lipinski definition) is 0. The molecular weight excluding hydrogens is 917 g/mol. The third-order valence-electron chi connectivity index (χ3n) is 15.4. The number of aromatic nitrogens is 7. The highest BCUT2D eigenvalue weighted by Crippen LogP contribution is 2.47. The molecule has 13 aromatic rings. The minimum absolute atomic E-state index is 0.380. The summed E-state index contributed by atoms with van der Waals surface area (Å²) in [6.07, 6.45) is 7.93. The Morgan fingerprint density at radius 3 is 1.41 bits per heavy atom. The van der Waals surface area contributed by atoms with E-state index in [1.165, 1.54) is 0 Å². The molecule has 0 spiro atoms. The number of para-hydroxylation sites is 5. The molecule has 0 bridgehead atoms. The van der Waals surface area contributed by atoms with Gasteiger partial charge in [0.25, 0.3) is 0 Å². The van der Waals surface area contributed by atoms with Crippen molar-refractivity contribution < 1.29 is 0 Å². The smallest absolute Gasteiger partial charge is 0.163 e. The Balaban J connectivity index is 1.19. The van der Waals surface area contributed by atoms with Gasteiger partial charge in [0.15, 0.2) is 5.82 Å². The Bertz CT molecular complexity index is 4630. The number of nitrogens with zero attached hydrogens (tertiary/aromatic N) is 8. The van der Waals surface area contributed by atoms with Crippen LogP contribution in [0.2, 0.25) is 0 Å². The minimum Gasteiger partial charge on any atom is -0.310 e. The second-order valence-electron chi connectivity index (χ2n) is 22.5. The molecule has 5 heterocycles. The predicted octanol–water partition coefficient (Wildman–Crippen LogP) is 16.8. The second kappa shape index (κ2) is 16.2. The van der Waals surface area contributed by atoms with Crippen LogP contribution < -0.4 is 0 Å². The Morgan fingerprint density at radius 1 is 0.480 bits per heavy atom. The molecular formula is C67H54N8. The van der Waals surface area contributed by atoms with Gasteiger partial charge in [0.1, 0.15) is 23.3 Å². The second-order valence-corrected chi connectivity index (χ2v) is 22.5. The molecule has 362 valence electrons. The van der Waals surface area contributed by atoms with Gasteiger partial charge in [0.05, 0.1) is 55.5 Å². The zero-order valence-electron chi connectivity index (χ0n) is 43.2. The maximum absolute atomic E-state index is 12.2. The normalized spacial score (nSPS) is 14.4. The first-order chi connectivity index (χ1) is 36.4. The van der Waals surface area contributed by atoms with Crippen LogP contribution in [0, 0.1) is 17.2 Å². The van der Waals surface area contributed by atoms with Gasteiger partial charge in [0.2, 0.25) is 0 Å². The summed E-state index contributed by atoms with van der Waals surface area (Å²) in [4.78, 5) is 15.9. The molecule has 0 amide bonds. The van der Waals surface area contributed by atoms with E-state index in [1.807, 2.05) is 0 Å². The van der Waals surface area contributed by atoms with Gasteiger partial charge in [-0.3, -0.25) is 0 Å². The van der Waals surface area contributed by atoms with Crippen LogP contribution in [-0.4, -0.2) is 33.2 Å². The summed E-state index contributed by atoms with van der Waals surface area (Å²) < 4.78 is 9.51. The van der Waals surface area contributed by atoms with Gasteiger partial charge >= 0.3 is 0 Å². The minimum atomic E-state index is -0.380. The van der Waals surface area contributed by atoms with Crippen molar-refractivity contribution in [2.75, 3.05) is 0 Å². The number of nitriles is 1. The first kappa shape index (κ1) is 44.6.